The van der Waals surface area contributed by atoms with Gasteiger partial charge in [0.25, 0.3) is 0 Å². The molecule has 1 N–H and O–H groups in total. The van der Waals surface area contributed by atoms with Gasteiger partial charge >= 0.3 is 5.97 Å². The molecular weight excluding hydrogens is 339 g/mol. The van der Waals surface area contributed by atoms with E-state index in [0.29, 0.717) is 21.0 Å². The van der Waals surface area contributed by atoms with Gasteiger partial charge in [0.15, 0.2) is 5.78 Å². The van der Waals surface area contributed by atoms with Gasteiger partial charge in [0.05, 0.1) is 23.3 Å². The number of ketones is 1. The van der Waals surface area contributed by atoms with Gasteiger partial charge in [-0.25, -0.2) is 4.79 Å². The normalized spacial score (nSPS) is 12.0. The molecule has 0 fully saturated rings. The van der Waals surface area contributed by atoms with Crippen LogP contribution in [-0.2, 0) is 9.53 Å². The van der Waals surface area contributed by atoms with E-state index in [-0.39, 0.29) is 21.9 Å². The van der Waals surface area contributed by atoms with Crippen LogP contribution >= 0.6 is 23.2 Å². The molecule has 2 aromatic carbocycles. The number of benzene rings is 2. The molecule has 4 nitrogen and oxygen atoms in total. The molecule has 0 spiro atoms. The molecule has 6 heteroatoms. The Morgan fingerprint density at radius 1 is 1.09 bits per heavy atom. The van der Waals surface area contributed by atoms with E-state index >= 15 is 0 Å². The van der Waals surface area contributed by atoms with E-state index in [2.05, 4.69) is 4.74 Å². The highest BCUT2D eigenvalue weighted by Gasteiger charge is 2.21. The monoisotopic (exact) mass is 348 g/mol. The van der Waals surface area contributed by atoms with E-state index in [0.717, 1.165) is 0 Å². The van der Waals surface area contributed by atoms with Crippen molar-refractivity contribution in [3.05, 3.63) is 61.9 Å². The minimum Gasteiger partial charge on any atom is -0.507 e. The first kappa shape index (κ1) is 15.6. The fourth-order valence-corrected chi connectivity index (χ4v) is 2.89. The maximum atomic E-state index is 12.6. The molecule has 0 atom stereocenters. The third-order valence-electron chi connectivity index (χ3n) is 3.58. The first-order chi connectivity index (χ1) is 10.9. The average molecular weight is 349 g/mol. The largest absolute Gasteiger partial charge is 0.507 e. The summed E-state index contributed by atoms with van der Waals surface area (Å²) in [5.74, 6) is -1.14. The van der Waals surface area contributed by atoms with Crippen LogP contribution in [0, 0.1) is 0 Å². The second-order valence-electron chi connectivity index (χ2n) is 4.96. The summed E-state index contributed by atoms with van der Waals surface area (Å²) in [6, 6.07) is 7.41. The quantitative estimate of drug-likeness (QED) is 0.681. The van der Waals surface area contributed by atoms with Crippen LogP contribution < -0.4 is 10.4 Å². The fraction of sp³-hybridized carbons (Fsp3) is 0.0588. The molecule has 1 aliphatic carbocycles. The molecule has 0 aliphatic heterocycles. The van der Waals surface area contributed by atoms with Gasteiger partial charge in [0.1, 0.15) is 5.75 Å². The second kappa shape index (κ2) is 5.72. The fourth-order valence-electron chi connectivity index (χ4n) is 2.39. The van der Waals surface area contributed by atoms with E-state index < -0.39 is 11.8 Å². The average Bonchev–Trinajstić information content (AvgIpc) is 2.49. The highest BCUT2D eigenvalue weighted by molar-refractivity contribution is 6.37. The number of carbonyl (C=O) groups excluding carboxylic acids is 2. The molecule has 0 saturated carbocycles. The number of esters is 1. The van der Waals surface area contributed by atoms with Crippen LogP contribution in [-0.4, -0.2) is 24.0 Å². The molecule has 0 radical (unpaired) electrons. The van der Waals surface area contributed by atoms with E-state index in [9.17, 15) is 14.7 Å². The number of carbonyl (C=O) groups is 2. The van der Waals surface area contributed by atoms with Crippen LogP contribution in [0.25, 0.3) is 11.6 Å². The summed E-state index contributed by atoms with van der Waals surface area (Å²) >= 11 is 11.9. The Labute approximate surface area is 141 Å². The van der Waals surface area contributed by atoms with Crippen molar-refractivity contribution < 1.29 is 19.4 Å². The molecule has 1 aliphatic rings. The second-order valence-corrected chi connectivity index (χ2v) is 5.80. The van der Waals surface area contributed by atoms with E-state index in [1.807, 2.05) is 0 Å². The zero-order valence-electron chi connectivity index (χ0n) is 11.9. The summed E-state index contributed by atoms with van der Waals surface area (Å²) in [6.07, 6.45) is 1.60. The van der Waals surface area contributed by atoms with Crippen molar-refractivity contribution in [2.45, 2.75) is 0 Å². The van der Waals surface area contributed by atoms with Crippen molar-refractivity contribution in [2.24, 2.45) is 0 Å². The van der Waals surface area contributed by atoms with E-state index in [1.54, 1.807) is 12.1 Å². The first-order valence-corrected chi connectivity index (χ1v) is 7.35. The van der Waals surface area contributed by atoms with Crippen molar-refractivity contribution in [3.63, 3.8) is 0 Å². The first-order valence-electron chi connectivity index (χ1n) is 6.59. The molecule has 0 bridgehead atoms. The summed E-state index contributed by atoms with van der Waals surface area (Å²) in [6.45, 7) is 0. The van der Waals surface area contributed by atoms with Crippen molar-refractivity contribution in [3.8, 4) is 5.75 Å². The number of phenols is 1. The summed E-state index contributed by atoms with van der Waals surface area (Å²) in [7, 11) is 1.28. The highest BCUT2D eigenvalue weighted by atomic mass is 35.5. The lowest BCUT2D eigenvalue weighted by Gasteiger charge is -2.12. The number of hydrogen-bond acceptors (Lipinski definition) is 4. The Balaban J connectivity index is 2.08. The lowest BCUT2D eigenvalue weighted by molar-refractivity contribution is -0.133. The van der Waals surface area contributed by atoms with Crippen LogP contribution in [0.4, 0.5) is 0 Å². The highest BCUT2D eigenvalue weighted by Crippen LogP contribution is 2.26. The van der Waals surface area contributed by atoms with Gasteiger partial charge in [-0.2, -0.15) is 0 Å². The molecule has 0 amide bonds. The summed E-state index contributed by atoms with van der Waals surface area (Å²) in [5, 5.41) is 12.0. The lowest BCUT2D eigenvalue weighted by Crippen LogP contribution is -2.38. The molecule has 23 heavy (non-hydrogen) atoms. The molecule has 3 rings (SSSR count). The van der Waals surface area contributed by atoms with Gasteiger partial charge in [0.2, 0.25) is 0 Å². The third-order valence-corrected chi connectivity index (χ3v) is 4.13. The summed E-state index contributed by atoms with van der Waals surface area (Å²) in [5.41, 5.74) is 0.706. The molecule has 0 heterocycles. The zero-order chi connectivity index (χ0) is 16.7. The number of methoxy groups -OCH3 is 1. The van der Waals surface area contributed by atoms with Gasteiger partial charge in [-0.1, -0.05) is 23.2 Å². The topological polar surface area (TPSA) is 63.6 Å². The predicted octanol–water partition coefficient (Wildman–Crippen LogP) is 2.05. The number of fused-ring (bicyclic) bond motifs is 1. The Kier molecular flexibility index (Phi) is 3.88. The van der Waals surface area contributed by atoms with E-state index in [4.69, 9.17) is 23.2 Å². The predicted molar refractivity (Wildman–Crippen MR) is 87.1 cm³/mol. The molecule has 2 aromatic rings. The Hall–Kier alpha value is -2.30. The van der Waals surface area contributed by atoms with Crippen molar-refractivity contribution >= 4 is 46.6 Å². The van der Waals surface area contributed by atoms with Crippen LogP contribution in [0.2, 0.25) is 10.0 Å². The van der Waals surface area contributed by atoms with Crippen molar-refractivity contribution in [1.29, 1.82) is 0 Å². The van der Waals surface area contributed by atoms with Crippen LogP contribution in [0.15, 0.2) is 30.3 Å². The summed E-state index contributed by atoms with van der Waals surface area (Å²) < 4.78 is 4.64. The van der Waals surface area contributed by atoms with Gasteiger partial charge in [-0.15, -0.1) is 0 Å². The third kappa shape index (κ3) is 2.60. The molecule has 116 valence electrons. The lowest BCUT2D eigenvalue weighted by atomic mass is 9.94. The van der Waals surface area contributed by atoms with Gasteiger partial charge in [-0.05, 0) is 46.8 Å². The Bertz CT molecular complexity index is 977. The zero-order valence-corrected chi connectivity index (χ0v) is 13.4. The Morgan fingerprint density at radius 3 is 2.48 bits per heavy atom. The molecular formula is C17H10Cl2O4. The van der Waals surface area contributed by atoms with E-state index in [1.165, 1.54) is 31.4 Å². The molecule has 0 unspecified atom stereocenters. The SMILES string of the molecule is COC(=O)C1=c2cc(O)c(C(=O)c3ccc(Cl)cc3Cl)cc2=C1. The molecule has 0 aromatic heterocycles. The smallest absolute Gasteiger partial charge is 0.338 e. The van der Waals surface area contributed by atoms with Gasteiger partial charge in [-0.3, -0.25) is 4.79 Å². The number of phenolic OH excluding ortho intramolecular Hbond substituents is 1. The number of hydrogen-bond donors (Lipinski definition) is 1. The Morgan fingerprint density at radius 2 is 1.83 bits per heavy atom. The summed E-state index contributed by atoms with van der Waals surface area (Å²) in [4.78, 5) is 24.1. The number of aromatic hydroxyl groups is 1. The van der Waals surface area contributed by atoms with Gasteiger partial charge < -0.3 is 9.84 Å². The number of halogens is 2. The van der Waals surface area contributed by atoms with Crippen LogP contribution in [0.5, 0.6) is 5.75 Å². The maximum Gasteiger partial charge on any atom is 0.338 e. The van der Waals surface area contributed by atoms with Crippen LogP contribution in [0.3, 0.4) is 0 Å². The minimum atomic E-state index is -0.489. The van der Waals surface area contributed by atoms with Gasteiger partial charge in [0, 0.05) is 10.6 Å². The standard InChI is InChI=1S/C17H10Cl2O4/c1-23-17(22)12-4-8-5-13(15(20)7-11(8)12)16(21)10-3-2-9(18)6-14(10)19/h2-7,20H,1H3. The number of rotatable bonds is 3. The van der Waals surface area contributed by atoms with Crippen LogP contribution in [0.1, 0.15) is 15.9 Å². The van der Waals surface area contributed by atoms with Crippen molar-refractivity contribution in [2.75, 3.05) is 7.11 Å². The maximum absolute atomic E-state index is 12.6. The number of ether oxygens (including phenoxy) is 1. The minimum absolute atomic E-state index is 0.105. The van der Waals surface area contributed by atoms with Crippen molar-refractivity contribution in [1.82, 2.24) is 0 Å². The molecule has 0 saturated heterocycles.